The maximum Gasteiger partial charge on any atom is 0.323 e. The van der Waals surface area contributed by atoms with Crippen LogP contribution in [-0.2, 0) is 31.8 Å². The smallest absolute Gasteiger partial charge is 0.323 e. The minimum absolute atomic E-state index is 0.0809. The predicted molar refractivity (Wildman–Crippen MR) is 213 cm³/mol. The molecular formula is C38H51ClN10O8. The van der Waals surface area contributed by atoms with Crippen molar-refractivity contribution in [3.8, 4) is 17.5 Å². The normalized spacial score (nSPS) is 17.2. The lowest BCUT2D eigenvalue weighted by Crippen LogP contribution is -2.40. The molecule has 0 amide bonds. The molecule has 4 fully saturated rings. The molecule has 0 atom stereocenters. The summed E-state index contributed by atoms with van der Waals surface area (Å²) < 4.78 is 27.3. The minimum Gasteiger partial charge on any atom is -0.508 e. The lowest BCUT2D eigenvalue weighted by atomic mass is 10.1. The van der Waals surface area contributed by atoms with Crippen molar-refractivity contribution in [2.24, 2.45) is 0 Å². The number of hydrogen-bond donors (Lipinski definition) is 3. The van der Waals surface area contributed by atoms with E-state index in [1.54, 1.807) is 30.3 Å². The topological polar surface area (TPSA) is 197 Å². The van der Waals surface area contributed by atoms with Crippen molar-refractivity contribution in [1.82, 2.24) is 29.9 Å². The highest BCUT2D eigenvalue weighted by Crippen LogP contribution is 2.22. The van der Waals surface area contributed by atoms with Crippen LogP contribution >= 0.6 is 11.6 Å². The van der Waals surface area contributed by atoms with Crippen LogP contribution in [0.2, 0.25) is 5.28 Å². The first kappa shape index (κ1) is 41.8. The number of phenols is 2. The summed E-state index contributed by atoms with van der Waals surface area (Å²) in [7, 11) is 0. The van der Waals surface area contributed by atoms with E-state index in [-0.39, 0.29) is 23.4 Å². The average Bonchev–Trinajstić information content (AvgIpc) is 3.27. The third-order valence-corrected chi connectivity index (χ3v) is 9.49. The summed E-state index contributed by atoms with van der Waals surface area (Å²) in [6.45, 7) is 11.9. The summed E-state index contributed by atoms with van der Waals surface area (Å²) in [5.41, 5.74) is 1.63. The van der Waals surface area contributed by atoms with Gasteiger partial charge in [-0.2, -0.15) is 29.9 Å². The highest BCUT2D eigenvalue weighted by atomic mass is 35.5. The van der Waals surface area contributed by atoms with E-state index in [0.29, 0.717) is 102 Å². The van der Waals surface area contributed by atoms with E-state index in [1.807, 2.05) is 18.2 Å². The third-order valence-electron chi connectivity index (χ3n) is 9.32. The average molecular weight is 811 g/mol. The van der Waals surface area contributed by atoms with Crippen molar-refractivity contribution in [3.63, 3.8) is 0 Å². The number of ether oxygens (including phenoxy) is 5. The minimum atomic E-state index is 0.0809. The second-order valence-corrected chi connectivity index (χ2v) is 13.5. The number of phenolic OH excluding ortho intramolecular Hbond substituents is 2. The monoisotopic (exact) mass is 810 g/mol. The van der Waals surface area contributed by atoms with Crippen LogP contribution in [-0.4, -0.2) is 164 Å². The Morgan fingerprint density at radius 2 is 0.860 bits per heavy atom. The molecule has 0 radical (unpaired) electrons. The molecule has 308 valence electrons. The number of hydrogen-bond acceptors (Lipinski definition) is 18. The van der Waals surface area contributed by atoms with E-state index in [2.05, 4.69) is 49.5 Å². The summed E-state index contributed by atoms with van der Waals surface area (Å²) in [6, 6.07) is 14.6. The fourth-order valence-corrected chi connectivity index (χ4v) is 6.32. The fraction of sp³-hybridized carbons (Fsp3) is 0.526. The number of benzene rings is 2. The number of para-hydroxylation sites is 2. The van der Waals surface area contributed by atoms with Crippen molar-refractivity contribution in [1.29, 1.82) is 0 Å². The molecule has 0 unspecified atom stereocenters. The Morgan fingerprint density at radius 1 is 0.509 bits per heavy atom. The van der Waals surface area contributed by atoms with Gasteiger partial charge < -0.3 is 58.6 Å². The highest BCUT2D eigenvalue weighted by molar-refractivity contribution is 6.28. The molecule has 0 spiro atoms. The lowest BCUT2D eigenvalue weighted by molar-refractivity contribution is 0.120. The van der Waals surface area contributed by atoms with Crippen molar-refractivity contribution in [2.45, 2.75) is 12.8 Å². The highest BCUT2D eigenvalue weighted by Gasteiger charge is 2.22. The van der Waals surface area contributed by atoms with Crippen molar-refractivity contribution >= 4 is 35.4 Å². The van der Waals surface area contributed by atoms with Crippen LogP contribution in [0.15, 0.2) is 48.5 Å². The fourth-order valence-electron chi connectivity index (χ4n) is 6.17. The number of aromatic hydroxyl groups is 2. The molecule has 0 aliphatic carbocycles. The molecule has 2 aromatic carbocycles. The van der Waals surface area contributed by atoms with Crippen molar-refractivity contribution in [3.05, 3.63) is 64.9 Å². The van der Waals surface area contributed by atoms with Gasteiger partial charge in [-0.05, 0) is 41.3 Å². The Balaban J connectivity index is 0.000000162. The number of halogens is 1. The van der Waals surface area contributed by atoms with Crippen LogP contribution in [0.3, 0.4) is 0 Å². The lowest BCUT2D eigenvalue weighted by Gasteiger charge is -2.30. The summed E-state index contributed by atoms with van der Waals surface area (Å²) in [5, 5.41) is 27.8. The molecule has 0 saturated carbocycles. The molecule has 4 saturated heterocycles. The summed E-state index contributed by atoms with van der Waals surface area (Å²) >= 11 is 6.01. The third kappa shape index (κ3) is 12.8. The van der Waals surface area contributed by atoms with Gasteiger partial charge in [-0.25, -0.2) is 0 Å². The zero-order valence-electron chi connectivity index (χ0n) is 32.0. The molecular weight excluding hydrogens is 760 g/mol. The Kier molecular flexibility index (Phi) is 16.3. The number of rotatable bonds is 10. The van der Waals surface area contributed by atoms with Crippen molar-refractivity contribution in [2.75, 3.05) is 138 Å². The zero-order valence-corrected chi connectivity index (χ0v) is 32.7. The van der Waals surface area contributed by atoms with Gasteiger partial charge in [-0.3, -0.25) is 0 Å². The van der Waals surface area contributed by atoms with Crippen LogP contribution in [0, 0.1) is 0 Å². The SMILES string of the molecule is Clc1nc(N2CCOCC2)nc(N2CCOCC2)n1.OCCc1ccccc1O.Oc1ccccc1CCOc1nc(N2CCOCC2)nc(N2CCOCC2)n1. The maximum atomic E-state index is 9.90. The first-order valence-corrected chi connectivity index (χ1v) is 19.6. The van der Waals surface area contributed by atoms with Gasteiger partial charge in [0.15, 0.2) is 0 Å². The number of nitrogens with zero attached hydrogens (tertiary/aromatic N) is 10. The van der Waals surface area contributed by atoms with Crippen LogP contribution in [0.1, 0.15) is 11.1 Å². The number of aliphatic hydroxyl groups excluding tert-OH is 1. The van der Waals surface area contributed by atoms with Gasteiger partial charge >= 0.3 is 6.01 Å². The maximum absolute atomic E-state index is 9.90. The van der Waals surface area contributed by atoms with Crippen LogP contribution < -0.4 is 24.3 Å². The predicted octanol–water partition coefficient (Wildman–Crippen LogP) is 2.00. The van der Waals surface area contributed by atoms with E-state index in [0.717, 1.165) is 63.5 Å². The van der Waals surface area contributed by atoms with Gasteiger partial charge in [0.25, 0.3) is 0 Å². The standard InChI is InChI=1S/C19H25N5O4.C11H16ClN5O2.C8H10O2/c25-16-4-2-1-3-15(16)5-10-28-19-21-17(23-6-11-26-12-7-23)20-18(22-19)24-8-13-27-14-9-24;12-9-13-10(16-1-5-18-6-2-16)15-11(14-9)17-3-7-19-8-4-17;9-6-5-7-3-1-2-4-8(7)10/h1-4,25H,5-14H2;1-8H2;1-4,9-10H,5-6H2. The van der Waals surface area contributed by atoms with E-state index in [4.69, 9.17) is 45.5 Å². The van der Waals surface area contributed by atoms with Gasteiger partial charge in [0, 0.05) is 65.4 Å². The van der Waals surface area contributed by atoms with Gasteiger partial charge in [0.05, 0.1) is 59.5 Å². The molecule has 3 N–H and O–H groups in total. The first-order chi connectivity index (χ1) is 28.0. The molecule has 0 bridgehead atoms. The van der Waals surface area contributed by atoms with E-state index in [9.17, 15) is 5.11 Å². The molecule has 4 aliphatic heterocycles. The number of aliphatic hydroxyl groups is 1. The van der Waals surface area contributed by atoms with Crippen LogP contribution in [0.4, 0.5) is 23.8 Å². The van der Waals surface area contributed by atoms with E-state index >= 15 is 0 Å². The van der Waals surface area contributed by atoms with Gasteiger partial charge in [0.2, 0.25) is 29.1 Å². The van der Waals surface area contributed by atoms with Gasteiger partial charge in [-0.1, -0.05) is 36.4 Å². The molecule has 57 heavy (non-hydrogen) atoms. The Hall–Kier alpha value is -4.85. The quantitative estimate of drug-likeness (QED) is 0.210. The zero-order chi connectivity index (χ0) is 39.7. The second kappa shape index (κ2) is 22.2. The Bertz CT molecular complexity index is 1740. The second-order valence-electron chi connectivity index (χ2n) is 13.1. The van der Waals surface area contributed by atoms with Gasteiger partial charge in [0.1, 0.15) is 11.5 Å². The Labute approximate surface area is 337 Å². The number of morpholine rings is 4. The van der Waals surface area contributed by atoms with E-state index in [1.165, 1.54) is 0 Å². The molecule has 18 nitrogen and oxygen atoms in total. The molecule has 4 aromatic rings. The number of aromatic nitrogens is 6. The largest absolute Gasteiger partial charge is 0.508 e. The summed E-state index contributed by atoms with van der Waals surface area (Å²) in [5.74, 6) is 3.01. The molecule has 2 aromatic heterocycles. The molecule has 6 heterocycles. The Morgan fingerprint density at radius 3 is 1.23 bits per heavy atom. The molecule has 8 rings (SSSR count). The van der Waals surface area contributed by atoms with Crippen LogP contribution in [0.5, 0.6) is 17.5 Å². The molecule has 19 heteroatoms. The first-order valence-electron chi connectivity index (χ1n) is 19.2. The number of anilines is 4. The molecule has 4 aliphatic rings. The summed E-state index contributed by atoms with van der Waals surface area (Å²) in [6.07, 6.45) is 1.09. The van der Waals surface area contributed by atoms with Crippen LogP contribution in [0.25, 0.3) is 0 Å². The van der Waals surface area contributed by atoms with Gasteiger partial charge in [-0.15, -0.1) is 0 Å². The van der Waals surface area contributed by atoms with Crippen molar-refractivity contribution < 1.29 is 39.0 Å². The van der Waals surface area contributed by atoms with E-state index < -0.39 is 0 Å². The summed E-state index contributed by atoms with van der Waals surface area (Å²) in [4.78, 5) is 34.9.